The summed E-state index contributed by atoms with van der Waals surface area (Å²) in [5.74, 6) is 0.876. The molecule has 1 aromatic rings. The highest BCUT2D eigenvalue weighted by Gasteiger charge is 1.99. The summed E-state index contributed by atoms with van der Waals surface area (Å²) in [6.07, 6.45) is 1.02. The van der Waals surface area contributed by atoms with Gasteiger partial charge in [0.25, 0.3) is 0 Å². The number of hydrogen-bond acceptors (Lipinski definition) is 3. The molecule has 0 aliphatic rings. The van der Waals surface area contributed by atoms with Gasteiger partial charge in [0.05, 0.1) is 12.2 Å². The summed E-state index contributed by atoms with van der Waals surface area (Å²) in [6.45, 7) is 9.48. The molecule has 3 heteroatoms. The molecule has 1 N–H and O–H groups in total. The number of rotatable bonds is 5. The van der Waals surface area contributed by atoms with E-state index in [9.17, 15) is 0 Å². The van der Waals surface area contributed by atoms with Crippen LogP contribution in [0.1, 0.15) is 24.8 Å². The van der Waals surface area contributed by atoms with Crippen LogP contribution in [-0.4, -0.2) is 11.7 Å². The Balaban J connectivity index is 2.24. The zero-order chi connectivity index (χ0) is 9.68. The zero-order valence-electron chi connectivity index (χ0n) is 8.26. The minimum Gasteiger partial charge on any atom is -0.360 e. The summed E-state index contributed by atoms with van der Waals surface area (Å²) >= 11 is 0. The lowest BCUT2D eigenvalue weighted by Crippen LogP contribution is -2.15. The van der Waals surface area contributed by atoms with Gasteiger partial charge in [0.15, 0.2) is 5.76 Å². The van der Waals surface area contributed by atoms with Crippen molar-refractivity contribution in [3.8, 4) is 0 Å². The number of aromatic nitrogens is 1. The molecule has 0 atom stereocenters. The molecule has 0 aliphatic heterocycles. The van der Waals surface area contributed by atoms with E-state index < -0.39 is 0 Å². The summed E-state index contributed by atoms with van der Waals surface area (Å²) in [4.78, 5) is 0. The summed E-state index contributed by atoms with van der Waals surface area (Å²) in [7, 11) is 0. The van der Waals surface area contributed by atoms with Crippen LogP contribution in [0.5, 0.6) is 0 Å². The van der Waals surface area contributed by atoms with E-state index in [1.54, 1.807) is 0 Å². The molecule has 1 rings (SSSR count). The first kappa shape index (κ1) is 9.99. The maximum atomic E-state index is 5.04. The van der Waals surface area contributed by atoms with Gasteiger partial charge in [-0.15, -0.1) is 0 Å². The molecule has 72 valence electrons. The van der Waals surface area contributed by atoms with Crippen molar-refractivity contribution in [1.29, 1.82) is 0 Å². The third kappa shape index (κ3) is 3.42. The molecule has 0 saturated carbocycles. The Morgan fingerprint density at radius 1 is 1.69 bits per heavy atom. The molecular formula is C10H16N2O. The number of nitrogens with one attached hydrogen (secondary N) is 1. The van der Waals surface area contributed by atoms with Crippen molar-refractivity contribution >= 4 is 0 Å². The van der Waals surface area contributed by atoms with Crippen LogP contribution in [0.2, 0.25) is 0 Å². The van der Waals surface area contributed by atoms with Crippen LogP contribution in [0.15, 0.2) is 22.7 Å². The van der Waals surface area contributed by atoms with Gasteiger partial charge in [-0.3, -0.25) is 0 Å². The highest BCUT2D eigenvalue weighted by atomic mass is 16.5. The summed E-state index contributed by atoms with van der Waals surface area (Å²) in [5, 5.41) is 7.03. The van der Waals surface area contributed by atoms with Gasteiger partial charge in [0.1, 0.15) is 0 Å². The molecular weight excluding hydrogens is 164 g/mol. The lowest BCUT2D eigenvalue weighted by molar-refractivity contribution is 0.371. The van der Waals surface area contributed by atoms with Gasteiger partial charge in [-0.2, -0.15) is 0 Å². The molecule has 3 nitrogen and oxygen atoms in total. The van der Waals surface area contributed by atoms with Gasteiger partial charge >= 0.3 is 0 Å². The molecule has 0 amide bonds. The van der Waals surface area contributed by atoms with E-state index in [0.29, 0.717) is 0 Å². The maximum Gasteiger partial charge on any atom is 0.150 e. The van der Waals surface area contributed by atoms with E-state index in [1.807, 2.05) is 13.0 Å². The van der Waals surface area contributed by atoms with Crippen LogP contribution in [0.3, 0.4) is 0 Å². The monoisotopic (exact) mass is 180 g/mol. The predicted molar refractivity (Wildman–Crippen MR) is 52.4 cm³/mol. The maximum absolute atomic E-state index is 5.04. The average Bonchev–Trinajstić information content (AvgIpc) is 2.51. The highest BCUT2D eigenvalue weighted by molar-refractivity contribution is 5.03. The van der Waals surface area contributed by atoms with Crippen molar-refractivity contribution in [2.45, 2.75) is 26.8 Å². The molecule has 0 saturated heterocycles. The first-order chi connectivity index (χ1) is 6.22. The van der Waals surface area contributed by atoms with E-state index in [0.717, 1.165) is 31.0 Å². The second-order valence-corrected chi connectivity index (χ2v) is 3.14. The third-order valence-corrected chi connectivity index (χ3v) is 1.85. The molecule has 0 aliphatic carbocycles. The summed E-state index contributed by atoms with van der Waals surface area (Å²) in [6, 6.07) is 1.93. The normalized spacial score (nSPS) is 10.3. The van der Waals surface area contributed by atoms with E-state index in [1.165, 1.54) is 5.57 Å². The van der Waals surface area contributed by atoms with Gasteiger partial charge in [-0.25, -0.2) is 0 Å². The van der Waals surface area contributed by atoms with Crippen LogP contribution in [-0.2, 0) is 6.54 Å². The fourth-order valence-corrected chi connectivity index (χ4v) is 0.987. The Hall–Kier alpha value is -1.09. The smallest absolute Gasteiger partial charge is 0.150 e. The molecule has 0 bridgehead atoms. The Labute approximate surface area is 78.8 Å². The molecule has 0 unspecified atom stereocenters. The summed E-state index contributed by atoms with van der Waals surface area (Å²) < 4.78 is 5.04. The fraction of sp³-hybridized carbons (Fsp3) is 0.500. The van der Waals surface area contributed by atoms with E-state index >= 15 is 0 Å². The predicted octanol–water partition coefficient (Wildman–Crippen LogP) is 2.04. The lowest BCUT2D eigenvalue weighted by atomic mass is 10.2. The van der Waals surface area contributed by atoms with Gasteiger partial charge in [-0.1, -0.05) is 24.2 Å². The second kappa shape index (κ2) is 4.82. The zero-order valence-corrected chi connectivity index (χ0v) is 8.26. The Kier molecular flexibility index (Phi) is 3.71. The van der Waals surface area contributed by atoms with Crippen molar-refractivity contribution in [2.75, 3.05) is 6.54 Å². The third-order valence-electron chi connectivity index (χ3n) is 1.85. The van der Waals surface area contributed by atoms with Crippen molar-refractivity contribution < 1.29 is 4.52 Å². The Morgan fingerprint density at radius 3 is 3.00 bits per heavy atom. The standard InChI is InChI=1S/C10H16N2O/c1-4-8(2)6-11-7-10-5-9(3)12-13-10/h5,11H,2,4,6-7H2,1,3H3. The van der Waals surface area contributed by atoms with Crippen molar-refractivity contribution in [3.05, 3.63) is 29.7 Å². The van der Waals surface area contributed by atoms with Crippen LogP contribution >= 0.6 is 0 Å². The molecule has 13 heavy (non-hydrogen) atoms. The number of aryl methyl sites for hydroxylation is 1. The lowest BCUT2D eigenvalue weighted by Gasteiger charge is -2.02. The molecule has 0 spiro atoms. The van der Waals surface area contributed by atoms with Crippen LogP contribution < -0.4 is 5.32 Å². The van der Waals surface area contributed by atoms with Gasteiger partial charge < -0.3 is 9.84 Å². The number of nitrogens with zero attached hydrogens (tertiary/aromatic N) is 1. The van der Waals surface area contributed by atoms with Gasteiger partial charge in [0.2, 0.25) is 0 Å². The second-order valence-electron chi connectivity index (χ2n) is 3.14. The minimum absolute atomic E-state index is 0.722. The van der Waals surface area contributed by atoms with Crippen molar-refractivity contribution in [1.82, 2.24) is 10.5 Å². The molecule has 0 aromatic carbocycles. The molecule has 0 radical (unpaired) electrons. The van der Waals surface area contributed by atoms with E-state index in [-0.39, 0.29) is 0 Å². The quantitative estimate of drug-likeness (QED) is 0.705. The average molecular weight is 180 g/mol. The molecule has 1 aromatic heterocycles. The van der Waals surface area contributed by atoms with Crippen molar-refractivity contribution in [2.24, 2.45) is 0 Å². The van der Waals surface area contributed by atoms with Gasteiger partial charge in [-0.05, 0) is 13.3 Å². The Morgan fingerprint density at radius 2 is 2.46 bits per heavy atom. The fourth-order valence-electron chi connectivity index (χ4n) is 0.987. The van der Waals surface area contributed by atoms with E-state index in [2.05, 4.69) is 24.0 Å². The van der Waals surface area contributed by atoms with Crippen LogP contribution in [0.4, 0.5) is 0 Å². The molecule has 1 heterocycles. The largest absolute Gasteiger partial charge is 0.360 e. The number of hydrogen-bond donors (Lipinski definition) is 1. The SMILES string of the molecule is C=C(CC)CNCc1cc(C)no1. The van der Waals surface area contributed by atoms with Crippen LogP contribution in [0, 0.1) is 6.92 Å². The topological polar surface area (TPSA) is 38.1 Å². The van der Waals surface area contributed by atoms with Crippen molar-refractivity contribution in [3.63, 3.8) is 0 Å². The first-order valence-electron chi connectivity index (χ1n) is 4.52. The van der Waals surface area contributed by atoms with E-state index in [4.69, 9.17) is 4.52 Å². The van der Waals surface area contributed by atoms with Crippen LogP contribution in [0.25, 0.3) is 0 Å². The Bertz CT molecular complexity index is 278. The van der Waals surface area contributed by atoms with Gasteiger partial charge in [0, 0.05) is 12.6 Å². The minimum atomic E-state index is 0.722. The molecule has 0 fully saturated rings. The first-order valence-corrected chi connectivity index (χ1v) is 4.52. The summed E-state index contributed by atoms with van der Waals surface area (Å²) in [5.41, 5.74) is 2.13. The highest BCUT2D eigenvalue weighted by Crippen LogP contribution is 2.01.